The van der Waals surface area contributed by atoms with Crippen LogP contribution in [0.25, 0.3) is 0 Å². The van der Waals surface area contributed by atoms with Gasteiger partial charge in [0.1, 0.15) is 11.9 Å². The van der Waals surface area contributed by atoms with Gasteiger partial charge in [-0.15, -0.1) is 0 Å². The lowest BCUT2D eigenvalue weighted by atomic mass is 9.64. The summed E-state index contributed by atoms with van der Waals surface area (Å²) < 4.78 is 5.51. The zero-order valence-electron chi connectivity index (χ0n) is 14.1. The highest BCUT2D eigenvalue weighted by molar-refractivity contribution is 5.81. The predicted molar refractivity (Wildman–Crippen MR) is 82.7 cm³/mol. The molecule has 120 valence electrons. The fourth-order valence-electron chi connectivity index (χ4n) is 3.80. The van der Waals surface area contributed by atoms with Gasteiger partial charge in [0.25, 0.3) is 0 Å². The Morgan fingerprint density at radius 2 is 1.90 bits per heavy atom. The van der Waals surface area contributed by atoms with E-state index in [1.165, 1.54) is 6.42 Å². The van der Waals surface area contributed by atoms with Crippen molar-refractivity contribution in [3.8, 4) is 0 Å². The van der Waals surface area contributed by atoms with Crippen molar-refractivity contribution in [1.82, 2.24) is 0 Å². The van der Waals surface area contributed by atoms with Gasteiger partial charge in [-0.3, -0.25) is 9.59 Å². The molecule has 0 aromatic heterocycles. The standard InChI is InChI=1S/C11H16O2.C7H14O/c1-6-8-2-7-3-9(5-8)11(12)13-10(6)4-7;1-5-7(3,4)6(2)8/h6-10H,2-5H2,1H3;5H2,1-4H3. The maximum atomic E-state index is 11.6. The molecular formula is C18H30O3. The van der Waals surface area contributed by atoms with Gasteiger partial charge in [0, 0.05) is 5.41 Å². The number of ketones is 1. The first-order chi connectivity index (χ1) is 9.74. The summed E-state index contributed by atoms with van der Waals surface area (Å²) in [5, 5.41) is 0. The lowest BCUT2D eigenvalue weighted by Gasteiger charge is -2.40. The Morgan fingerprint density at radius 1 is 1.24 bits per heavy atom. The Morgan fingerprint density at radius 3 is 2.43 bits per heavy atom. The molecule has 0 spiro atoms. The topological polar surface area (TPSA) is 43.4 Å². The van der Waals surface area contributed by atoms with Crippen LogP contribution in [0, 0.1) is 29.1 Å². The first kappa shape index (κ1) is 16.5. The highest BCUT2D eigenvalue weighted by atomic mass is 16.5. The number of Topliss-reactive ketones (excluding diaryl/α,β-unsaturated/α-hetero) is 1. The molecule has 2 saturated heterocycles. The van der Waals surface area contributed by atoms with Crippen molar-refractivity contribution in [2.45, 2.75) is 72.8 Å². The molecule has 5 atom stereocenters. The molecule has 5 unspecified atom stereocenters. The van der Waals surface area contributed by atoms with E-state index in [0.717, 1.165) is 37.5 Å². The van der Waals surface area contributed by atoms with Gasteiger partial charge in [-0.1, -0.05) is 27.7 Å². The molecule has 3 heteroatoms. The van der Waals surface area contributed by atoms with Crippen LogP contribution in [0.4, 0.5) is 0 Å². The molecule has 0 amide bonds. The highest BCUT2D eigenvalue weighted by Gasteiger charge is 2.48. The van der Waals surface area contributed by atoms with Gasteiger partial charge in [0.05, 0.1) is 5.92 Å². The molecule has 0 radical (unpaired) electrons. The Kier molecular flexibility index (Phi) is 4.79. The van der Waals surface area contributed by atoms with Crippen LogP contribution in [-0.4, -0.2) is 17.9 Å². The van der Waals surface area contributed by atoms with Crippen molar-refractivity contribution >= 4 is 11.8 Å². The van der Waals surface area contributed by atoms with Crippen LogP contribution < -0.4 is 0 Å². The minimum Gasteiger partial charge on any atom is -0.462 e. The Bertz CT molecular complexity index is 413. The highest BCUT2D eigenvalue weighted by Crippen LogP contribution is 2.49. The summed E-state index contributed by atoms with van der Waals surface area (Å²) in [7, 11) is 0. The Balaban J connectivity index is 0.000000177. The largest absolute Gasteiger partial charge is 0.462 e. The number of fused-ring (bicyclic) bond motifs is 1. The average molecular weight is 294 g/mol. The number of esters is 1. The minimum absolute atomic E-state index is 0.0972. The molecule has 4 fully saturated rings. The van der Waals surface area contributed by atoms with Crippen molar-refractivity contribution < 1.29 is 14.3 Å². The second-order valence-corrected chi connectivity index (χ2v) is 7.89. The molecule has 4 bridgehead atoms. The maximum Gasteiger partial charge on any atom is 0.309 e. The third-order valence-corrected chi connectivity index (χ3v) is 6.17. The van der Waals surface area contributed by atoms with E-state index in [9.17, 15) is 9.59 Å². The van der Waals surface area contributed by atoms with Gasteiger partial charge in [-0.05, 0) is 56.8 Å². The van der Waals surface area contributed by atoms with Gasteiger partial charge in [0.15, 0.2) is 0 Å². The normalized spacial score (nSPS) is 37.4. The number of rotatable bonds is 2. The third kappa shape index (κ3) is 3.49. The van der Waals surface area contributed by atoms with Crippen LogP contribution >= 0.6 is 0 Å². The smallest absolute Gasteiger partial charge is 0.309 e. The van der Waals surface area contributed by atoms with Crippen LogP contribution in [0.15, 0.2) is 0 Å². The van der Waals surface area contributed by atoms with Crippen molar-refractivity contribution in [1.29, 1.82) is 0 Å². The van der Waals surface area contributed by atoms with Gasteiger partial charge in [-0.25, -0.2) is 0 Å². The summed E-state index contributed by atoms with van der Waals surface area (Å²) in [5.41, 5.74) is -0.0972. The second-order valence-electron chi connectivity index (χ2n) is 7.89. The number of ether oxygens (including phenoxy) is 1. The Hall–Kier alpha value is -0.860. The zero-order valence-corrected chi connectivity index (χ0v) is 14.1. The lowest BCUT2D eigenvalue weighted by Crippen LogP contribution is -2.36. The third-order valence-electron chi connectivity index (χ3n) is 6.17. The monoisotopic (exact) mass is 294 g/mol. The Labute approximate surface area is 128 Å². The number of hydrogen-bond donors (Lipinski definition) is 0. The fraction of sp³-hybridized carbons (Fsp3) is 0.889. The molecule has 0 aromatic carbocycles. The molecule has 2 saturated carbocycles. The van der Waals surface area contributed by atoms with E-state index in [1.807, 2.05) is 20.8 Å². The molecule has 2 aliphatic heterocycles. The van der Waals surface area contributed by atoms with Crippen LogP contribution in [-0.2, 0) is 14.3 Å². The lowest BCUT2D eigenvalue weighted by molar-refractivity contribution is -0.152. The van der Waals surface area contributed by atoms with E-state index in [2.05, 4.69) is 6.92 Å². The van der Waals surface area contributed by atoms with Crippen LogP contribution in [0.3, 0.4) is 0 Å². The van der Waals surface area contributed by atoms with Crippen molar-refractivity contribution in [2.75, 3.05) is 0 Å². The SMILES string of the molecule is CC1C2CC3CC(C2)C(=O)OC1C3.CCC(C)(C)C(C)=O. The first-order valence-corrected chi connectivity index (χ1v) is 8.46. The molecule has 4 rings (SSSR count). The van der Waals surface area contributed by atoms with Crippen molar-refractivity contribution in [3.05, 3.63) is 0 Å². The van der Waals surface area contributed by atoms with E-state index in [1.54, 1.807) is 6.92 Å². The summed E-state index contributed by atoms with van der Waals surface area (Å²) >= 11 is 0. The van der Waals surface area contributed by atoms with Crippen LogP contribution in [0.5, 0.6) is 0 Å². The second kappa shape index (κ2) is 6.10. The molecular weight excluding hydrogens is 264 g/mol. The molecule has 0 aromatic rings. The molecule has 0 N–H and O–H groups in total. The van der Waals surface area contributed by atoms with Crippen LogP contribution in [0.1, 0.15) is 66.7 Å². The van der Waals surface area contributed by atoms with Crippen molar-refractivity contribution in [2.24, 2.45) is 29.1 Å². The summed E-state index contributed by atoms with van der Waals surface area (Å²) in [6.45, 7) is 9.86. The number of hydrogen-bond acceptors (Lipinski definition) is 3. The van der Waals surface area contributed by atoms with Gasteiger partial charge in [-0.2, -0.15) is 0 Å². The predicted octanol–water partition coefficient (Wildman–Crippen LogP) is 4.00. The molecule has 3 nitrogen and oxygen atoms in total. The fourth-order valence-corrected chi connectivity index (χ4v) is 3.80. The molecule has 2 aliphatic carbocycles. The van der Waals surface area contributed by atoms with E-state index in [0.29, 0.717) is 5.92 Å². The maximum absolute atomic E-state index is 11.6. The van der Waals surface area contributed by atoms with Crippen LogP contribution in [0.2, 0.25) is 0 Å². The van der Waals surface area contributed by atoms with Gasteiger partial charge >= 0.3 is 5.97 Å². The van der Waals surface area contributed by atoms with E-state index in [-0.39, 0.29) is 29.2 Å². The molecule has 4 aliphatic rings. The molecule has 21 heavy (non-hydrogen) atoms. The zero-order chi connectivity index (χ0) is 15.8. The number of carbonyl (C=O) groups is 2. The summed E-state index contributed by atoms with van der Waals surface area (Å²) in [4.78, 5) is 22.3. The van der Waals surface area contributed by atoms with E-state index < -0.39 is 0 Å². The summed E-state index contributed by atoms with van der Waals surface area (Å²) in [6, 6.07) is 0. The quantitative estimate of drug-likeness (QED) is 0.723. The first-order valence-electron chi connectivity index (χ1n) is 8.46. The average Bonchev–Trinajstić information content (AvgIpc) is 2.59. The molecule has 2 heterocycles. The van der Waals surface area contributed by atoms with Gasteiger partial charge < -0.3 is 4.74 Å². The summed E-state index contributed by atoms with van der Waals surface area (Å²) in [6.07, 6.45) is 5.89. The van der Waals surface area contributed by atoms with Crippen molar-refractivity contribution in [3.63, 3.8) is 0 Å². The minimum atomic E-state index is -0.0972. The van der Waals surface area contributed by atoms with E-state index >= 15 is 0 Å². The number of carbonyl (C=O) groups excluding carboxylic acids is 2. The van der Waals surface area contributed by atoms with E-state index in [4.69, 9.17) is 4.74 Å². The van der Waals surface area contributed by atoms with Gasteiger partial charge in [0.2, 0.25) is 0 Å². The summed E-state index contributed by atoms with van der Waals surface area (Å²) in [5.74, 6) is 2.80.